The SMILES string of the molecule is NC(=O)[C@H](CO)NC(=O)[C@H](Cc1ccc(O)cc1)NC(=O)[C@H](CS)NC(=O)[C@@H]1CCCN1C(=O)[C@H](CCC(=O)O)NC(=O)[C@@H](N)[C@@H](S)C(=O)O. The number of nitrogens with one attached hydrogen (secondary N) is 4. The van der Waals surface area contributed by atoms with Gasteiger partial charge >= 0.3 is 11.9 Å². The Labute approximate surface area is 296 Å². The van der Waals surface area contributed by atoms with Crippen LogP contribution in [0.5, 0.6) is 5.75 Å². The molecular weight excluding hydrogens is 702 g/mol. The molecule has 1 fully saturated rings. The minimum Gasteiger partial charge on any atom is -0.508 e. The molecule has 2 rings (SSSR count). The fraction of sp³-hybridized carbons (Fsp3) is 0.517. The molecule has 1 aliphatic rings. The number of aliphatic hydroxyl groups excluding tert-OH is 1. The quantitative estimate of drug-likeness (QED) is 0.0600. The summed E-state index contributed by atoms with van der Waals surface area (Å²) in [5, 5.41) is 45.1. The van der Waals surface area contributed by atoms with E-state index in [0.29, 0.717) is 12.0 Å². The van der Waals surface area contributed by atoms with Crippen molar-refractivity contribution in [2.75, 3.05) is 18.9 Å². The predicted octanol–water partition coefficient (Wildman–Crippen LogP) is -4.15. The molecule has 50 heavy (non-hydrogen) atoms. The first-order chi connectivity index (χ1) is 23.5. The van der Waals surface area contributed by atoms with Crippen LogP contribution in [0.3, 0.4) is 0 Å². The molecule has 0 aromatic heterocycles. The number of hydrogen-bond acceptors (Lipinski definition) is 13. The maximum Gasteiger partial charge on any atom is 0.318 e. The second-order valence-electron chi connectivity index (χ2n) is 11.3. The molecule has 276 valence electrons. The van der Waals surface area contributed by atoms with Gasteiger partial charge in [-0.2, -0.15) is 25.3 Å². The molecule has 1 saturated heterocycles. The molecule has 19 nitrogen and oxygen atoms in total. The van der Waals surface area contributed by atoms with Gasteiger partial charge in [-0.3, -0.25) is 38.4 Å². The maximum absolute atomic E-state index is 13.6. The van der Waals surface area contributed by atoms with E-state index in [1.807, 2.05) is 0 Å². The molecule has 12 N–H and O–H groups in total. The van der Waals surface area contributed by atoms with Crippen LogP contribution in [0.4, 0.5) is 0 Å². The number of aliphatic hydroxyl groups is 1. The van der Waals surface area contributed by atoms with Crippen LogP contribution in [0.1, 0.15) is 31.2 Å². The van der Waals surface area contributed by atoms with Gasteiger partial charge < -0.3 is 58.1 Å². The number of nitrogens with zero attached hydrogens (tertiary/aromatic N) is 1. The molecule has 1 aromatic rings. The van der Waals surface area contributed by atoms with Crippen molar-refractivity contribution in [3.8, 4) is 5.75 Å². The number of amides is 6. The number of carboxylic acids is 2. The average molecular weight is 744 g/mol. The number of aromatic hydroxyl groups is 1. The van der Waals surface area contributed by atoms with Crippen LogP contribution >= 0.6 is 25.3 Å². The summed E-state index contributed by atoms with van der Waals surface area (Å²) < 4.78 is 0. The van der Waals surface area contributed by atoms with E-state index >= 15 is 0 Å². The largest absolute Gasteiger partial charge is 0.508 e. The van der Waals surface area contributed by atoms with E-state index in [0.717, 1.165) is 4.90 Å². The molecule has 1 aliphatic heterocycles. The van der Waals surface area contributed by atoms with E-state index in [9.17, 15) is 53.7 Å². The Morgan fingerprint density at radius 3 is 2.00 bits per heavy atom. The summed E-state index contributed by atoms with van der Waals surface area (Å²) in [5.41, 5.74) is 11.3. The number of thiol groups is 2. The van der Waals surface area contributed by atoms with Crippen molar-refractivity contribution in [2.24, 2.45) is 11.5 Å². The lowest BCUT2D eigenvalue weighted by Gasteiger charge is -2.30. The number of carboxylic acid groups (broad SMARTS) is 2. The highest BCUT2D eigenvalue weighted by atomic mass is 32.1. The maximum atomic E-state index is 13.6. The van der Waals surface area contributed by atoms with Gasteiger partial charge in [0.05, 0.1) is 6.61 Å². The summed E-state index contributed by atoms with van der Waals surface area (Å²) in [5.74, 6) is -8.70. The second-order valence-corrected chi connectivity index (χ2v) is 12.2. The summed E-state index contributed by atoms with van der Waals surface area (Å²) in [4.78, 5) is 101. The van der Waals surface area contributed by atoms with Crippen LogP contribution < -0.4 is 32.7 Å². The number of hydrogen-bond donors (Lipinski definition) is 12. The number of phenolic OH excluding ortho intramolecular Hbond substituents is 1. The van der Waals surface area contributed by atoms with Crippen molar-refractivity contribution in [3.63, 3.8) is 0 Å². The van der Waals surface area contributed by atoms with Gasteiger partial charge in [0.1, 0.15) is 47.3 Å². The van der Waals surface area contributed by atoms with Crippen LogP contribution in [0.25, 0.3) is 0 Å². The fourth-order valence-corrected chi connectivity index (χ4v) is 5.28. The minimum absolute atomic E-state index is 0.0191. The normalized spacial score (nSPS) is 17.6. The molecule has 6 amide bonds. The number of phenols is 1. The van der Waals surface area contributed by atoms with Crippen LogP contribution in [-0.2, 0) is 44.8 Å². The molecule has 0 radical (unpaired) electrons. The number of primary amides is 1. The van der Waals surface area contributed by atoms with Gasteiger partial charge in [-0.15, -0.1) is 0 Å². The lowest BCUT2D eigenvalue weighted by molar-refractivity contribution is -0.143. The van der Waals surface area contributed by atoms with Crippen molar-refractivity contribution in [2.45, 2.75) is 73.6 Å². The zero-order valence-corrected chi connectivity index (χ0v) is 28.3. The van der Waals surface area contributed by atoms with Crippen molar-refractivity contribution < 1.29 is 58.8 Å². The van der Waals surface area contributed by atoms with Gasteiger partial charge in [0.2, 0.25) is 35.4 Å². The van der Waals surface area contributed by atoms with Crippen LogP contribution in [-0.4, -0.2) is 133 Å². The Hall–Kier alpha value is -4.60. The molecule has 0 bridgehead atoms. The highest BCUT2D eigenvalue weighted by molar-refractivity contribution is 7.81. The van der Waals surface area contributed by atoms with Gasteiger partial charge in [0.25, 0.3) is 0 Å². The zero-order chi connectivity index (χ0) is 37.7. The summed E-state index contributed by atoms with van der Waals surface area (Å²) in [6.07, 6.45) is -0.698. The second kappa shape index (κ2) is 19.6. The molecule has 0 aliphatic carbocycles. The first-order valence-electron chi connectivity index (χ1n) is 15.2. The average Bonchev–Trinajstić information content (AvgIpc) is 3.57. The number of likely N-dealkylation sites (tertiary alicyclic amines) is 1. The molecule has 0 saturated carbocycles. The number of nitrogens with two attached hydrogens (primary N) is 2. The van der Waals surface area contributed by atoms with Gasteiger partial charge in [-0.1, -0.05) is 12.1 Å². The topological polar surface area (TPSA) is 321 Å². The summed E-state index contributed by atoms with van der Waals surface area (Å²) in [7, 11) is 0. The van der Waals surface area contributed by atoms with Crippen molar-refractivity contribution in [1.82, 2.24) is 26.2 Å². The number of aliphatic carboxylic acids is 2. The number of benzene rings is 1. The molecule has 1 heterocycles. The summed E-state index contributed by atoms with van der Waals surface area (Å²) >= 11 is 7.91. The lowest BCUT2D eigenvalue weighted by Crippen LogP contribution is -2.60. The number of carbonyl (C=O) groups excluding carboxylic acids is 6. The van der Waals surface area contributed by atoms with E-state index < -0.39 is 108 Å². The van der Waals surface area contributed by atoms with Crippen molar-refractivity contribution in [3.05, 3.63) is 29.8 Å². The van der Waals surface area contributed by atoms with Crippen LogP contribution in [0, 0.1) is 0 Å². The Kier molecular flexibility index (Phi) is 16.3. The Morgan fingerprint density at radius 2 is 1.46 bits per heavy atom. The fourth-order valence-electron chi connectivity index (χ4n) is 4.88. The third kappa shape index (κ3) is 12.1. The van der Waals surface area contributed by atoms with Crippen molar-refractivity contribution in [1.29, 1.82) is 0 Å². The third-order valence-electron chi connectivity index (χ3n) is 7.66. The van der Waals surface area contributed by atoms with Gasteiger partial charge in [-0.25, -0.2) is 0 Å². The molecule has 0 unspecified atom stereocenters. The highest BCUT2D eigenvalue weighted by Crippen LogP contribution is 2.20. The lowest BCUT2D eigenvalue weighted by atomic mass is 10.0. The molecule has 1 aromatic carbocycles. The van der Waals surface area contributed by atoms with E-state index in [2.05, 4.69) is 46.5 Å². The molecular formula is C29H41N7O12S2. The number of rotatable bonds is 19. The highest BCUT2D eigenvalue weighted by Gasteiger charge is 2.40. The van der Waals surface area contributed by atoms with E-state index in [1.54, 1.807) is 0 Å². The van der Waals surface area contributed by atoms with Gasteiger partial charge in [0, 0.05) is 25.1 Å². The van der Waals surface area contributed by atoms with Crippen LogP contribution in [0.2, 0.25) is 0 Å². The van der Waals surface area contributed by atoms with Gasteiger partial charge in [0.15, 0.2) is 0 Å². The van der Waals surface area contributed by atoms with Gasteiger partial charge in [-0.05, 0) is 37.0 Å². The van der Waals surface area contributed by atoms with E-state index in [1.165, 1.54) is 24.3 Å². The van der Waals surface area contributed by atoms with E-state index in [-0.39, 0.29) is 30.9 Å². The molecule has 21 heteroatoms. The third-order valence-corrected chi connectivity index (χ3v) is 8.57. The zero-order valence-electron chi connectivity index (χ0n) is 26.6. The standard InChI is InChI=1S/C29H41N7O12S2/c30-21(22(50)29(47)48)27(45)32-15(7-8-20(39)40)28(46)36-9-1-2-19(36)26(44)35-18(12-49)25(43)33-16(10-13-3-5-14(38)6-4-13)24(42)34-17(11-37)23(31)41/h3-6,15-19,21-22,37-38,49-50H,1-2,7-12,30H2,(H2,31,41)(H,32,45)(H,33,43)(H,34,42)(H,35,44)(H,39,40)(H,47,48)/t15-,16-,17-,18-,19-,21-,22+/m0/s1. The summed E-state index contributed by atoms with van der Waals surface area (Å²) in [6, 6.07) is -2.94. The molecule has 7 atom stereocenters. The Balaban J connectivity index is 2.23. The minimum atomic E-state index is -1.70. The smallest absolute Gasteiger partial charge is 0.318 e. The van der Waals surface area contributed by atoms with Crippen LogP contribution in [0.15, 0.2) is 24.3 Å². The summed E-state index contributed by atoms with van der Waals surface area (Å²) in [6.45, 7) is -0.802. The molecule has 0 spiro atoms. The van der Waals surface area contributed by atoms with Crippen molar-refractivity contribution >= 4 is 72.6 Å². The first-order valence-corrected chi connectivity index (χ1v) is 16.3. The number of carbonyl (C=O) groups is 8. The Morgan fingerprint density at radius 1 is 0.880 bits per heavy atom. The first kappa shape index (κ1) is 41.6. The predicted molar refractivity (Wildman–Crippen MR) is 180 cm³/mol. The monoisotopic (exact) mass is 743 g/mol. The Bertz CT molecular complexity index is 1430. The van der Waals surface area contributed by atoms with E-state index in [4.69, 9.17) is 16.6 Å².